The minimum atomic E-state index is -0.462. The van der Waals surface area contributed by atoms with Crippen LogP contribution in [0.25, 0.3) is 0 Å². The molecule has 0 aromatic heterocycles. The Morgan fingerprint density at radius 1 is 1.21 bits per heavy atom. The molecule has 2 amide bonds. The number of hydrogen-bond donors (Lipinski definition) is 2. The van der Waals surface area contributed by atoms with Crippen LogP contribution in [-0.2, 0) is 16.0 Å². The van der Waals surface area contributed by atoms with Crippen LogP contribution in [0.1, 0.15) is 18.4 Å². The minimum Gasteiger partial charge on any atom is -0.358 e. The molecule has 1 heterocycles. The Bertz CT molecular complexity index is 595. The molecule has 8 nitrogen and oxygen atoms in total. The van der Waals surface area contributed by atoms with E-state index < -0.39 is 4.92 Å². The van der Waals surface area contributed by atoms with E-state index in [9.17, 15) is 19.7 Å². The van der Waals surface area contributed by atoms with Gasteiger partial charge in [0, 0.05) is 38.3 Å². The summed E-state index contributed by atoms with van der Waals surface area (Å²) in [5.41, 5.74) is 0.762. The quantitative estimate of drug-likeness (QED) is 0.581. The molecule has 24 heavy (non-hydrogen) atoms. The van der Waals surface area contributed by atoms with Gasteiger partial charge in [-0.25, -0.2) is 0 Å². The summed E-state index contributed by atoms with van der Waals surface area (Å²) in [6, 6.07) is 6.11. The van der Waals surface area contributed by atoms with Crippen molar-refractivity contribution >= 4 is 17.5 Å². The van der Waals surface area contributed by atoms with Crippen LogP contribution in [0.2, 0.25) is 0 Å². The SMILES string of the molecule is CNC(=O)CN1CCC(NC(=O)Cc2ccc([N+](=O)[O-])cc2)CC1. The van der Waals surface area contributed by atoms with Gasteiger partial charge in [-0.1, -0.05) is 12.1 Å². The van der Waals surface area contributed by atoms with Crippen molar-refractivity contribution in [3.63, 3.8) is 0 Å². The number of piperidine rings is 1. The second-order valence-corrected chi connectivity index (χ2v) is 5.89. The second-order valence-electron chi connectivity index (χ2n) is 5.89. The monoisotopic (exact) mass is 334 g/mol. The Morgan fingerprint density at radius 2 is 1.83 bits per heavy atom. The molecule has 1 fully saturated rings. The predicted molar refractivity (Wildman–Crippen MR) is 88.5 cm³/mol. The van der Waals surface area contributed by atoms with Crippen molar-refractivity contribution in [1.82, 2.24) is 15.5 Å². The molecule has 0 radical (unpaired) electrons. The molecular formula is C16H22N4O4. The van der Waals surface area contributed by atoms with Crippen LogP contribution in [0.4, 0.5) is 5.69 Å². The van der Waals surface area contributed by atoms with Gasteiger partial charge in [-0.2, -0.15) is 0 Å². The van der Waals surface area contributed by atoms with Crippen LogP contribution in [-0.4, -0.2) is 54.4 Å². The average Bonchev–Trinajstić information content (AvgIpc) is 2.57. The molecule has 8 heteroatoms. The van der Waals surface area contributed by atoms with Crippen LogP contribution in [0, 0.1) is 10.1 Å². The molecule has 0 saturated carbocycles. The number of likely N-dealkylation sites (tertiary alicyclic amines) is 1. The number of amides is 2. The maximum absolute atomic E-state index is 12.1. The van der Waals surface area contributed by atoms with Crippen LogP contribution < -0.4 is 10.6 Å². The molecule has 0 atom stereocenters. The van der Waals surface area contributed by atoms with Crippen LogP contribution >= 0.6 is 0 Å². The number of rotatable bonds is 6. The van der Waals surface area contributed by atoms with Gasteiger partial charge in [0.15, 0.2) is 0 Å². The van der Waals surface area contributed by atoms with Crippen molar-refractivity contribution in [3.8, 4) is 0 Å². The highest BCUT2D eigenvalue weighted by Crippen LogP contribution is 2.13. The molecule has 0 aliphatic carbocycles. The molecule has 0 bridgehead atoms. The van der Waals surface area contributed by atoms with Crippen LogP contribution in [0.5, 0.6) is 0 Å². The topological polar surface area (TPSA) is 105 Å². The highest BCUT2D eigenvalue weighted by Gasteiger charge is 2.21. The van der Waals surface area contributed by atoms with E-state index in [0.29, 0.717) is 6.54 Å². The first-order chi connectivity index (χ1) is 11.5. The molecule has 1 aliphatic rings. The fourth-order valence-corrected chi connectivity index (χ4v) is 2.72. The first-order valence-electron chi connectivity index (χ1n) is 7.93. The number of nitrogens with one attached hydrogen (secondary N) is 2. The lowest BCUT2D eigenvalue weighted by atomic mass is 10.0. The number of hydrogen-bond acceptors (Lipinski definition) is 5. The third-order valence-corrected chi connectivity index (χ3v) is 4.11. The second kappa shape index (κ2) is 8.39. The molecule has 0 spiro atoms. The van der Waals surface area contributed by atoms with Crippen LogP contribution in [0.3, 0.4) is 0 Å². The zero-order chi connectivity index (χ0) is 17.5. The summed E-state index contributed by atoms with van der Waals surface area (Å²) in [5.74, 6) is -0.0933. The molecule has 2 N–H and O–H groups in total. The van der Waals surface area contributed by atoms with Gasteiger partial charge in [-0.05, 0) is 18.4 Å². The van der Waals surface area contributed by atoms with Gasteiger partial charge in [0.25, 0.3) is 5.69 Å². The number of nitrogens with zero attached hydrogens (tertiary/aromatic N) is 2. The van der Waals surface area contributed by atoms with Gasteiger partial charge in [0.1, 0.15) is 0 Å². The molecular weight excluding hydrogens is 312 g/mol. The lowest BCUT2D eigenvalue weighted by Gasteiger charge is -2.31. The summed E-state index contributed by atoms with van der Waals surface area (Å²) in [7, 11) is 1.62. The summed E-state index contributed by atoms with van der Waals surface area (Å²) < 4.78 is 0. The van der Waals surface area contributed by atoms with E-state index in [2.05, 4.69) is 15.5 Å². The molecule has 1 saturated heterocycles. The van der Waals surface area contributed by atoms with Gasteiger partial charge in [0.2, 0.25) is 11.8 Å². The van der Waals surface area contributed by atoms with Crippen molar-refractivity contribution < 1.29 is 14.5 Å². The maximum Gasteiger partial charge on any atom is 0.269 e. The van der Waals surface area contributed by atoms with Gasteiger partial charge < -0.3 is 10.6 Å². The Hall–Kier alpha value is -2.48. The zero-order valence-corrected chi connectivity index (χ0v) is 13.7. The fourth-order valence-electron chi connectivity index (χ4n) is 2.72. The van der Waals surface area contributed by atoms with Gasteiger partial charge in [0.05, 0.1) is 17.9 Å². The molecule has 1 aromatic rings. The van der Waals surface area contributed by atoms with E-state index in [0.717, 1.165) is 31.5 Å². The lowest BCUT2D eigenvalue weighted by molar-refractivity contribution is -0.384. The standard InChI is InChI=1S/C16H22N4O4/c1-17-16(22)11-19-8-6-13(7-9-19)18-15(21)10-12-2-4-14(5-3-12)20(23)24/h2-5,13H,6-11H2,1H3,(H,17,22)(H,18,21). The number of nitro groups is 1. The lowest BCUT2D eigenvalue weighted by Crippen LogP contribution is -2.47. The third kappa shape index (κ3) is 5.31. The highest BCUT2D eigenvalue weighted by atomic mass is 16.6. The van der Waals surface area contributed by atoms with Gasteiger partial charge >= 0.3 is 0 Å². The number of nitro benzene ring substituents is 1. The van der Waals surface area contributed by atoms with E-state index in [-0.39, 0.29) is 30.0 Å². The normalized spacial score (nSPS) is 15.7. The average molecular weight is 334 g/mol. The van der Waals surface area contributed by atoms with Crippen molar-refractivity contribution in [3.05, 3.63) is 39.9 Å². The van der Waals surface area contributed by atoms with E-state index in [1.165, 1.54) is 12.1 Å². The number of likely N-dealkylation sites (N-methyl/N-ethyl adjacent to an activating group) is 1. The first kappa shape index (κ1) is 17.9. The molecule has 2 rings (SSSR count). The van der Waals surface area contributed by atoms with Gasteiger partial charge in [-0.3, -0.25) is 24.6 Å². The predicted octanol–water partition coefficient (Wildman–Crippen LogP) is 0.464. The highest BCUT2D eigenvalue weighted by molar-refractivity contribution is 5.79. The van der Waals surface area contributed by atoms with E-state index in [4.69, 9.17) is 0 Å². The molecule has 0 unspecified atom stereocenters. The smallest absolute Gasteiger partial charge is 0.269 e. The number of non-ortho nitro benzene ring substituents is 1. The Balaban J connectivity index is 1.75. The summed E-state index contributed by atoms with van der Waals surface area (Å²) >= 11 is 0. The maximum atomic E-state index is 12.1. The van der Waals surface area contributed by atoms with Crippen molar-refractivity contribution in [2.24, 2.45) is 0 Å². The van der Waals surface area contributed by atoms with E-state index in [1.807, 2.05) is 0 Å². The van der Waals surface area contributed by atoms with Crippen molar-refractivity contribution in [2.45, 2.75) is 25.3 Å². The number of benzene rings is 1. The zero-order valence-electron chi connectivity index (χ0n) is 13.7. The largest absolute Gasteiger partial charge is 0.358 e. The van der Waals surface area contributed by atoms with Gasteiger partial charge in [-0.15, -0.1) is 0 Å². The Labute approximate surface area is 140 Å². The molecule has 1 aliphatic heterocycles. The van der Waals surface area contributed by atoms with E-state index >= 15 is 0 Å². The van der Waals surface area contributed by atoms with E-state index in [1.54, 1.807) is 19.2 Å². The third-order valence-electron chi connectivity index (χ3n) is 4.11. The summed E-state index contributed by atoms with van der Waals surface area (Å²) in [4.78, 5) is 35.6. The van der Waals surface area contributed by atoms with Crippen LogP contribution in [0.15, 0.2) is 24.3 Å². The summed E-state index contributed by atoms with van der Waals surface area (Å²) in [6.07, 6.45) is 1.82. The van der Waals surface area contributed by atoms with Crippen molar-refractivity contribution in [1.29, 1.82) is 0 Å². The number of carbonyl (C=O) groups is 2. The minimum absolute atomic E-state index is 0.00402. The fraction of sp³-hybridized carbons (Fsp3) is 0.500. The number of carbonyl (C=O) groups excluding carboxylic acids is 2. The molecule has 130 valence electrons. The Morgan fingerprint density at radius 3 is 2.38 bits per heavy atom. The van der Waals surface area contributed by atoms with Crippen molar-refractivity contribution in [2.75, 3.05) is 26.7 Å². The molecule has 1 aromatic carbocycles. The summed E-state index contributed by atoms with van der Waals surface area (Å²) in [6.45, 7) is 1.94. The Kier molecular flexibility index (Phi) is 6.25. The first-order valence-corrected chi connectivity index (χ1v) is 7.93. The summed E-state index contributed by atoms with van der Waals surface area (Å²) in [5, 5.41) is 16.2.